The van der Waals surface area contributed by atoms with Crippen LogP contribution in [-0.2, 0) is 0 Å². The Morgan fingerprint density at radius 1 is 1.19 bits per heavy atom. The first-order valence-corrected chi connectivity index (χ1v) is 6.47. The van der Waals surface area contributed by atoms with E-state index in [0.29, 0.717) is 12.5 Å². The zero-order valence-corrected chi connectivity index (χ0v) is 10.2. The number of aliphatic hydroxyl groups is 1. The van der Waals surface area contributed by atoms with Gasteiger partial charge in [-0.05, 0) is 24.8 Å². The highest BCUT2D eigenvalue weighted by Gasteiger charge is 2.20. The van der Waals surface area contributed by atoms with Crippen LogP contribution in [0.1, 0.15) is 49.1 Å². The molecule has 1 aliphatic carbocycles. The fourth-order valence-electron chi connectivity index (χ4n) is 2.80. The molecule has 0 heterocycles. The molecule has 1 aliphatic rings. The highest BCUT2D eigenvalue weighted by atomic mass is 16.3. The summed E-state index contributed by atoms with van der Waals surface area (Å²) in [4.78, 5) is 0. The van der Waals surface area contributed by atoms with Gasteiger partial charge in [-0.1, -0.05) is 55.5 Å². The van der Waals surface area contributed by atoms with Crippen LogP contribution in [0.15, 0.2) is 24.3 Å². The molecule has 0 aliphatic heterocycles. The molecule has 0 saturated heterocycles. The van der Waals surface area contributed by atoms with E-state index in [0.717, 1.165) is 5.92 Å². The summed E-state index contributed by atoms with van der Waals surface area (Å²) in [6, 6.07) is 8.63. The molecule has 0 aromatic heterocycles. The summed E-state index contributed by atoms with van der Waals surface area (Å²) in [6.45, 7) is 2.40. The smallest absolute Gasteiger partial charge is 0.0499 e. The Balaban J connectivity index is 2.00. The maximum Gasteiger partial charge on any atom is 0.0499 e. The first-order valence-electron chi connectivity index (χ1n) is 6.47. The number of hydrogen-bond donors (Lipinski definition) is 1. The predicted molar refractivity (Wildman–Crippen MR) is 67.6 cm³/mol. The van der Waals surface area contributed by atoms with Crippen molar-refractivity contribution >= 4 is 0 Å². The third kappa shape index (κ3) is 2.85. The monoisotopic (exact) mass is 218 g/mol. The van der Waals surface area contributed by atoms with Gasteiger partial charge in [-0.15, -0.1) is 0 Å². The Hall–Kier alpha value is -0.820. The second kappa shape index (κ2) is 5.49. The lowest BCUT2D eigenvalue weighted by Crippen LogP contribution is -2.09. The Labute approximate surface area is 98.5 Å². The SMILES string of the molecule is Cc1ccc(C(CO)CC2CCCC2)cc1. The fraction of sp³-hybridized carbons (Fsp3) is 0.600. The number of aliphatic hydroxyl groups excluding tert-OH is 1. The lowest BCUT2D eigenvalue weighted by molar-refractivity contribution is 0.244. The molecule has 1 aromatic carbocycles. The van der Waals surface area contributed by atoms with Crippen LogP contribution in [-0.4, -0.2) is 11.7 Å². The van der Waals surface area contributed by atoms with Crippen LogP contribution in [0, 0.1) is 12.8 Å². The summed E-state index contributed by atoms with van der Waals surface area (Å²) >= 11 is 0. The minimum Gasteiger partial charge on any atom is -0.396 e. The van der Waals surface area contributed by atoms with Gasteiger partial charge in [-0.3, -0.25) is 0 Å². The van der Waals surface area contributed by atoms with Gasteiger partial charge in [-0.2, -0.15) is 0 Å². The third-order valence-electron chi connectivity index (χ3n) is 3.86. The maximum atomic E-state index is 9.51. The van der Waals surface area contributed by atoms with Gasteiger partial charge in [0, 0.05) is 12.5 Å². The highest BCUT2D eigenvalue weighted by molar-refractivity contribution is 5.24. The minimum atomic E-state index is 0.291. The van der Waals surface area contributed by atoms with Crippen LogP contribution in [0.2, 0.25) is 0 Å². The van der Waals surface area contributed by atoms with Gasteiger partial charge in [0.15, 0.2) is 0 Å². The Bertz CT molecular complexity index is 309. The van der Waals surface area contributed by atoms with Crippen LogP contribution >= 0.6 is 0 Å². The zero-order chi connectivity index (χ0) is 11.4. The van der Waals surface area contributed by atoms with Gasteiger partial charge in [0.1, 0.15) is 0 Å². The van der Waals surface area contributed by atoms with Crippen LogP contribution in [0.5, 0.6) is 0 Å². The molecule has 0 radical (unpaired) electrons. The molecular formula is C15H22O. The quantitative estimate of drug-likeness (QED) is 0.818. The van der Waals surface area contributed by atoms with Crippen molar-refractivity contribution in [1.29, 1.82) is 0 Å². The lowest BCUT2D eigenvalue weighted by Gasteiger charge is -2.19. The maximum absolute atomic E-state index is 9.51. The van der Waals surface area contributed by atoms with E-state index >= 15 is 0 Å². The van der Waals surface area contributed by atoms with Gasteiger partial charge < -0.3 is 5.11 Å². The molecular weight excluding hydrogens is 196 g/mol. The van der Waals surface area contributed by atoms with Crippen LogP contribution in [0.4, 0.5) is 0 Å². The first-order chi connectivity index (χ1) is 7.79. The van der Waals surface area contributed by atoms with E-state index < -0.39 is 0 Å². The normalized spacial score (nSPS) is 18.9. The molecule has 1 nitrogen and oxygen atoms in total. The lowest BCUT2D eigenvalue weighted by atomic mass is 9.88. The summed E-state index contributed by atoms with van der Waals surface area (Å²) < 4.78 is 0. The molecule has 1 saturated carbocycles. The second-order valence-corrected chi connectivity index (χ2v) is 5.18. The van der Waals surface area contributed by atoms with Gasteiger partial charge in [0.2, 0.25) is 0 Å². The van der Waals surface area contributed by atoms with E-state index in [1.807, 2.05) is 0 Å². The van der Waals surface area contributed by atoms with Crippen molar-refractivity contribution in [2.75, 3.05) is 6.61 Å². The van der Waals surface area contributed by atoms with Crippen molar-refractivity contribution in [1.82, 2.24) is 0 Å². The largest absolute Gasteiger partial charge is 0.396 e. The average Bonchev–Trinajstić information content (AvgIpc) is 2.80. The summed E-state index contributed by atoms with van der Waals surface area (Å²) in [5.74, 6) is 1.20. The Morgan fingerprint density at radius 2 is 1.81 bits per heavy atom. The number of aryl methyl sites for hydroxylation is 1. The highest BCUT2D eigenvalue weighted by Crippen LogP contribution is 2.33. The summed E-state index contributed by atoms with van der Waals surface area (Å²) in [5, 5.41) is 9.51. The predicted octanol–water partition coefficient (Wildman–Crippen LogP) is 3.65. The van der Waals surface area contributed by atoms with Gasteiger partial charge >= 0.3 is 0 Å². The van der Waals surface area contributed by atoms with E-state index in [2.05, 4.69) is 31.2 Å². The van der Waals surface area contributed by atoms with E-state index in [9.17, 15) is 5.11 Å². The van der Waals surface area contributed by atoms with Crippen molar-refractivity contribution < 1.29 is 5.11 Å². The van der Waals surface area contributed by atoms with Crippen molar-refractivity contribution in [3.05, 3.63) is 35.4 Å². The molecule has 1 heteroatoms. The summed E-state index contributed by atoms with van der Waals surface area (Å²) in [5.41, 5.74) is 2.60. The van der Waals surface area contributed by atoms with Crippen molar-refractivity contribution in [2.45, 2.75) is 44.9 Å². The zero-order valence-electron chi connectivity index (χ0n) is 10.2. The number of benzene rings is 1. The molecule has 0 amide bonds. The van der Waals surface area contributed by atoms with Gasteiger partial charge in [-0.25, -0.2) is 0 Å². The summed E-state index contributed by atoms with van der Waals surface area (Å²) in [7, 11) is 0. The second-order valence-electron chi connectivity index (χ2n) is 5.18. The minimum absolute atomic E-state index is 0.291. The van der Waals surface area contributed by atoms with Gasteiger partial charge in [0.25, 0.3) is 0 Å². The van der Waals surface area contributed by atoms with Crippen LogP contribution < -0.4 is 0 Å². The topological polar surface area (TPSA) is 20.2 Å². The standard InChI is InChI=1S/C15H22O/c1-12-6-8-14(9-7-12)15(11-16)10-13-4-2-3-5-13/h6-9,13,15-16H,2-5,10-11H2,1H3. The van der Waals surface area contributed by atoms with Gasteiger partial charge in [0.05, 0.1) is 0 Å². The molecule has 1 fully saturated rings. The van der Waals surface area contributed by atoms with Crippen LogP contribution in [0.25, 0.3) is 0 Å². The number of rotatable bonds is 4. The molecule has 1 aromatic rings. The molecule has 2 rings (SSSR count). The van der Waals surface area contributed by atoms with E-state index in [4.69, 9.17) is 0 Å². The molecule has 1 atom stereocenters. The molecule has 0 bridgehead atoms. The van der Waals surface area contributed by atoms with Crippen molar-refractivity contribution in [2.24, 2.45) is 5.92 Å². The van der Waals surface area contributed by atoms with Crippen molar-refractivity contribution in [3.8, 4) is 0 Å². The third-order valence-corrected chi connectivity index (χ3v) is 3.86. The van der Waals surface area contributed by atoms with E-state index in [1.165, 1.54) is 43.2 Å². The molecule has 16 heavy (non-hydrogen) atoms. The molecule has 88 valence electrons. The fourth-order valence-corrected chi connectivity index (χ4v) is 2.80. The average molecular weight is 218 g/mol. The summed E-state index contributed by atoms with van der Waals surface area (Å²) in [6.07, 6.45) is 6.66. The van der Waals surface area contributed by atoms with Crippen molar-refractivity contribution in [3.63, 3.8) is 0 Å². The van der Waals surface area contributed by atoms with Crippen LogP contribution in [0.3, 0.4) is 0 Å². The molecule has 0 spiro atoms. The van der Waals surface area contributed by atoms with E-state index in [1.54, 1.807) is 0 Å². The Kier molecular flexibility index (Phi) is 4.00. The number of hydrogen-bond acceptors (Lipinski definition) is 1. The Morgan fingerprint density at radius 3 is 2.38 bits per heavy atom. The molecule has 1 unspecified atom stereocenters. The first kappa shape index (κ1) is 11.7. The molecule has 1 N–H and O–H groups in total. The van der Waals surface area contributed by atoms with E-state index in [-0.39, 0.29) is 0 Å².